The van der Waals surface area contributed by atoms with Crippen molar-refractivity contribution in [1.82, 2.24) is 25.4 Å². The predicted octanol–water partition coefficient (Wildman–Crippen LogP) is 5.84. The minimum absolute atomic E-state index is 0.0879. The first-order chi connectivity index (χ1) is 20.1. The summed E-state index contributed by atoms with van der Waals surface area (Å²) >= 11 is 13.7. The molecule has 3 heterocycles. The number of aryl methyl sites for hydroxylation is 1. The summed E-state index contributed by atoms with van der Waals surface area (Å²) in [6.45, 7) is 6.96. The maximum Gasteiger partial charge on any atom is 0.335 e. The Balaban J connectivity index is 1.28. The highest BCUT2D eigenvalue weighted by atomic mass is 35.5. The fourth-order valence-corrected chi connectivity index (χ4v) is 6.44. The van der Waals surface area contributed by atoms with Gasteiger partial charge in [-0.2, -0.15) is 11.3 Å². The number of aromatic nitrogens is 1. The number of nitrogens with one attached hydrogen (secondary N) is 2. The second-order valence-electron chi connectivity index (χ2n) is 10.5. The van der Waals surface area contributed by atoms with E-state index < -0.39 is 5.97 Å². The molecular formula is C30H35Cl2N5O4S. The number of benzene rings is 1. The molecule has 0 spiro atoms. The summed E-state index contributed by atoms with van der Waals surface area (Å²) in [6, 6.07) is 10.4. The normalized spacial score (nSPS) is 14.8. The molecule has 0 radical (unpaired) electrons. The first kappa shape index (κ1) is 31.7. The lowest BCUT2D eigenvalue weighted by Crippen LogP contribution is -2.51. The average Bonchev–Trinajstić information content (AvgIpc) is 3.48. The zero-order valence-electron chi connectivity index (χ0n) is 23.6. The topological polar surface area (TPSA) is 115 Å². The SMILES string of the molecule is Cc1cc(Cl)nc(Cl)c1C(=O)NCC[C@@H](C)N1CCC(N(Cc2ccsc2)C(=O)NCc2ccc(C(=O)O)cc2)CC1. The summed E-state index contributed by atoms with van der Waals surface area (Å²) in [7, 11) is 0. The van der Waals surface area contributed by atoms with Gasteiger partial charge >= 0.3 is 12.0 Å². The van der Waals surface area contributed by atoms with Crippen molar-refractivity contribution in [3.05, 3.63) is 85.3 Å². The van der Waals surface area contributed by atoms with Crippen LogP contribution < -0.4 is 10.6 Å². The van der Waals surface area contributed by atoms with Gasteiger partial charge in [0, 0.05) is 44.8 Å². The summed E-state index contributed by atoms with van der Waals surface area (Å²) in [6.07, 6.45) is 2.45. The van der Waals surface area contributed by atoms with Crippen LogP contribution in [0.25, 0.3) is 0 Å². The molecule has 2 aromatic heterocycles. The molecule has 1 aromatic carbocycles. The molecule has 4 rings (SSSR count). The van der Waals surface area contributed by atoms with Gasteiger partial charge in [0.25, 0.3) is 5.91 Å². The Bertz CT molecular complexity index is 1360. The number of aromatic carboxylic acids is 1. The van der Waals surface area contributed by atoms with Gasteiger partial charge in [-0.15, -0.1) is 0 Å². The van der Waals surface area contributed by atoms with E-state index in [0.29, 0.717) is 30.8 Å². The number of amides is 3. The molecule has 1 aliphatic heterocycles. The lowest BCUT2D eigenvalue weighted by atomic mass is 10.0. The Labute approximate surface area is 259 Å². The zero-order valence-corrected chi connectivity index (χ0v) is 25.9. The summed E-state index contributed by atoms with van der Waals surface area (Å²) in [5.74, 6) is -1.24. The Morgan fingerprint density at radius 2 is 1.83 bits per heavy atom. The number of hydrogen-bond donors (Lipinski definition) is 3. The second-order valence-corrected chi connectivity index (χ2v) is 12.0. The summed E-state index contributed by atoms with van der Waals surface area (Å²) < 4.78 is 0. The van der Waals surface area contributed by atoms with Gasteiger partial charge in [0.1, 0.15) is 10.3 Å². The Morgan fingerprint density at radius 3 is 2.45 bits per heavy atom. The van der Waals surface area contributed by atoms with Gasteiger partial charge in [-0.05, 0) is 84.8 Å². The van der Waals surface area contributed by atoms with Crippen molar-refractivity contribution in [2.45, 2.75) is 58.3 Å². The number of pyridine rings is 1. The molecule has 9 nitrogen and oxygen atoms in total. The van der Waals surface area contributed by atoms with E-state index in [1.807, 2.05) is 16.3 Å². The number of halogens is 2. The predicted molar refractivity (Wildman–Crippen MR) is 166 cm³/mol. The molecule has 1 atom stereocenters. The monoisotopic (exact) mass is 631 g/mol. The van der Waals surface area contributed by atoms with Crippen LogP contribution in [0.4, 0.5) is 4.79 Å². The number of piperidine rings is 1. The largest absolute Gasteiger partial charge is 0.478 e. The third-order valence-electron chi connectivity index (χ3n) is 7.62. The third-order valence-corrected chi connectivity index (χ3v) is 8.82. The molecule has 224 valence electrons. The van der Waals surface area contributed by atoms with E-state index in [4.69, 9.17) is 28.3 Å². The van der Waals surface area contributed by atoms with E-state index in [9.17, 15) is 14.4 Å². The van der Waals surface area contributed by atoms with Crippen LogP contribution in [-0.2, 0) is 13.1 Å². The molecule has 1 saturated heterocycles. The molecular weight excluding hydrogens is 597 g/mol. The van der Waals surface area contributed by atoms with Crippen molar-refractivity contribution in [2.24, 2.45) is 0 Å². The molecule has 3 N–H and O–H groups in total. The number of carbonyl (C=O) groups is 3. The van der Waals surface area contributed by atoms with Gasteiger partial charge in [-0.1, -0.05) is 35.3 Å². The number of thiophene rings is 1. The van der Waals surface area contributed by atoms with Crippen molar-refractivity contribution < 1.29 is 19.5 Å². The number of carboxylic acids is 1. The Morgan fingerprint density at radius 1 is 1.12 bits per heavy atom. The summed E-state index contributed by atoms with van der Waals surface area (Å²) in [4.78, 5) is 45.5. The zero-order chi connectivity index (χ0) is 30.2. The smallest absolute Gasteiger partial charge is 0.335 e. The number of likely N-dealkylation sites (tertiary alicyclic amines) is 1. The van der Waals surface area contributed by atoms with Crippen molar-refractivity contribution in [3.63, 3.8) is 0 Å². The fraction of sp³-hybridized carbons (Fsp3) is 0.400. The Kier molecular flexibility index (Phi) is 11.2. The van der Waals surface area contributed by atoms with Crippen molar-refractivity contribution in [1.29, 1.82) is 0 Å². The van der Waals surface area contributed by atoms with Gasteiger partial charge < -0.3 is 25.5 Å². The standard InChI is InChI=1S/C30H35Cl2N5O4S/c1-19-15-25(31)35-27(32)26(19)28(38)33-11-7-20(2)36-12-8-24(9-13-36)37(17-22-10-14-42-18-22)30(41)34-16-21-3-5-23(6-4-21)29(39)40/h3-6,10,14-15,18,20,24H,7-9,11-13,16-17H2,1-2H3,(H,33,38)(H,34,41)(H,39,40)/t20-/m1/s1. The van der Waals surface area contributed by atoms with E-state index in [0.717, 1.165) is 43.5 Å². The molecule has 3 amide bonds. The third kappa shape index (κ3) is 8.44. The van der Waals surface area contributed by atoms with Crippen molar-refractivity contribution in [3.8, 4) is 0 Å². The highest BCUT2D eigenvalue weighted by molar-refractivity contribution is 7.07. The molecule has 12 heteroatoms. The van der Waals surface area contributed by atoms with Crippen LogP contribution in [0.2, 0.25) is 10.3 Å². The summed E-state index contributed by atoms with van der Waals surface area (Å²) in [5.41, 5.74) is 3.17. The van der Waals surface area contributed by atoms with Crippen LogP contribution in [0.15, 0.2) is 47.2 Å². The quantitative estimate of drug-likeness (QED) is 0.229. The minimum atomic E-state index is -0.978. The number of nitrogens with zero attached hydrogens (tertiary/aromatic N) is 3. The number of carbonyl (C=O) groups excluding carboxylic acids is 2. The number of urea groups is 1. The summed E-state index contributed by atoms with van der Waals surface area (Å²) in [5, 5.41) is 19.5. The highest BCUT2D eigenvalue weighted by Crippen LogP contribution is 2.23. The molecule has 0 bridgehead atoms. The molecule has 0 saturated carbocycles. The highest BCUT2D eigenvalue weighted by Gasteiger charge is 2.30. The van der Waals surface area contributed by atoms with Crippen LogP contribution in [0.3, 0.4) is 0 Å². The van der Waals surface area contributed by atoms with Gasteiger partial charge in [-0.25, -0.2) is 14.6 Å². The van der Waals surface area contributed by atoms with Gasteiger partial charge in [0.15, 0.2) is 0 Å². The molecule has 3 aromatic rings. The molecule has 0 aliphatic carbocycles. The van der Waals surface area contributed by atoms with E-state index in [1.54, 1.807) is 48.6 Å². The lowest BCUT2D eigenvalue weighted by molar-refractivity contribution is 0.0696. The van der Waals surface area contributed by atoms with Crippen LogP contribution in [-0.4, -0.2) is 69.5 Å². The van der Waals surface area contributed by atoms with Crippen molar-refractivity contribution in [2.75, 3.05) is 19.6 Å². The molecule has 0 unspecified atom stereocenters. The van der Waals surface area contributed by atoms with Gasteiger partial charge in [0.05, 0.1) is 11.1 Å². The van der Waals surface area contributed by atoms with E-state index >= 15 is 0 Å². The first-order valence-electron chi connectivity index (χ1n) is 13.8. The maximum atomic E-state index is 13.4. The first-order valence-corrected chi connectivity index (χ1v) is 15.5. The number of rotatable bonds is 11. The second kappa shape index (κ2) is 14.8. The van der Waals surface area contributed by atoms with Gasteiger partial charge in [0.2, 0.25) is 0 Å². The molecule has 1 aliphatic rings. The van der Waals surface area contributed by atoms with Crippen LogP contribution in [0.5, 0.6) is 0 Å². The van der Waals surface area contributed by atoms with Crippen LogP contribution >= 0.6 is 34.5 Å². The Hall–Kier alpha value is -3.18. The van der Waals surface area contributed by atoms with Crippen LogP contribution in [0, 0.1) is 6.92 Å². The number of hydrogen-bond acceptors (Lipinski definition) is 6. The van der Waals surface area contributed by atoms with Gasteiger partial charge in [-0.3, -0.25) is 4.79 Å². The number of carboxylic acid groups (broad SMARTS) is 1. The molecule has 42 heavy (non-hydrogen) atoms. The van der Waals surface area contributed by atoms with Crippen LogP contribution in [0.1, 0.15) is 63.6 Å². The van der Waals surface area contributed by atoms with Crippen molar-refractivity contribution >= 4 is 52.4 Å². The van der Waals surface area contributed by atoms with E-state index in [-0.39, 0.29) is 39.9 Å². The average molecular weight is 633 g/mol. The van der Waals surface area contributed by atoms with E-state index in [1.165, 1.54) is 0 Å². The maximum absolute atomic E-state index is 13.4. The minimum Gasteiger partial charge on any atom is -0.478 e. The molecule has 1 fully saturated rings. The fourth-order valence-electron chi connectivity index (χ4n) is 5.16. The lowest BCUT2D eigenvalue weighted by Gasteiger charge is -2.40. The van der Waals surface area contributed by atoms with E-state index in [2.05, 4.69) is 32.8 Å².